The monoisotopic (exact) mass is 175 g/mol. The highest BCUT2D eigenvalue weighted by atomic mass is 19.1. The van der Waals surface area contributed by atoms with Gasteiger partial charge in [-0.3, -0.25) is 0 Å². The molecular formula is C11H10FN. The topological polar surface area (TPSA) is 23.8 Å². The number of nitriles is 1. The van der Waals surface area contributed by atoms with Crippen molar-refractivity contribution in [1.29, 1.82) is 5.26 Å². The van der Waals surface area contributed by atoms with Crippen LogP contribution in [0.5, 0.6) is 0 Å². The molecule has 1 atom stereocenters. The van der Waals surface area contributed by atoms with Gasteiger partial charge in [0.25, 0.3) is 0 Å². The van der Waals surface area contributed by atoms with Crippen molar-refractivity contribution >= 4 is 6.08 Å². The molecule has 1 rings (SSSR count). The van der Waals surface area contributed by atoms with E-state index in [1.165, 1.54) is 12.1 Å². The van der Waals surface area contributed by atoms with E-state index in [1.54, 1.807) is 25.1 Å². The lowest BCUT2D eigenvalue weighted by Crippen LogP contribution is -1.81. The van der Waals surface area contributed by atoms with Gasteiger partial charge in [0.05, 0.1) is 12.0 Å². The summed E-state index contributed by atoms with van der Waals surface area (Å²) in [5.74, 6) is -0.351. The van der Waals surface area contributed by atoms with Crippen molar-refractivity contribution < 1.29 is 4.39 Å². The number of rotatable bonds is 2. The number of allylic oxidation sites excluding steroid dienone is 1. The highest BCUT2D eigenvalue weighted by Crippen LogP contribution is 2.06. The summed E-state index contributed by atoms with van der Waals surface area (Å²) in [6.07, 6.45) is 3.60. The minimum Gasteiger partial charge on any atom is -0.207 e. The van der Waals surface area contributed by atoms with Crippen LogP contribution in [0, 0.1) is 23.1 Å². The normalized spacial score (nSPS) is 12.7. The van der Waals surface area contributed by atoms with Crippen LogP contribution in [0.2, 0.25) is 0 Å². The van der Waals surface area contributed by atoms with Gasteiger partial charge in [0.2, 0.25) is 0 Å². The molecule has 0 saturated carbocycles. The molecule has 66 valence electrons. The molecule has 0 aliphatic rings. The predicted octanol–water partition coefficient (Wildman–Crippen LogP) is 3.00. The third-order valence-electron chi connectivity index (χ3n) is 1.65. The maximum absolute atomic E-state index is 12.5. The second kappa shape index (κ2) is 4.42. The standard InChI is InChI=1S/C11H10FN/c1-9(8-13)2-3-10-4-6-11(12)7-5-10/h2-7,9H,1H3/b3-2+. The van der Waals surface area contributed by atoms with Gasteiger partial charge in [0.1, 0.15) is 5.82 Å². The Bertz CT molecular complexity index is 332. The van der Waals surface area contributed by atoms with Gasteiger partial charge in [-0.2, -0.15) is 5.26 Å². The Balaban J connectivity index is 2.71. The molecule has 0 aliphatic heterocycles. The average molecular weight is 175 g/mol. The maximum atomic E-state index is 12.5. The third kappa shape index (κ3) is 3.08. The fraction of sp³-hybridized carbons (Fsp3) is 0.182. The van der Waals surface area contributed by atoms with Gasteiger partial charge in [0.15, 0.2) is 0 Å². The predicted molar refractivity (Wildman–Crippen MR) is 50.2 cm³/mol. The van der Waals surface area contributed by atoms with Crippen LogP contribution in [-0.2, 0) is 0 Å². The zero-order chi connectivity index (χ0) is 9.68. The highest BCUT2D eigenvalue weighted by Gasteiger charge is 1.92. The van der Waals surface area contributed by atoms with Crippen molar-refractivity contribution in [3.8, 4) is 6.07 Å². The van der Waals surface area contributed by atoms with Gasteiger partial charge in [0, 0.05) is 0 Å². The second-order valence-electron chi connectivity index (χ2n) is 2.83. The lowest BCUT2D eigenvalue weighted by molar-refractivity contribution is 0.628. The van der Waals surface area contributed by atoms with Crippen LogP contribution in [0.15, 0.2) is 30.3 Å². The first kappa shape index (κ1) is 9.47. The summed E-state index contributed by atoms with van der Waals surface area (Å²) in [5, 5.41) is 8.50. The van der Waals surface area contributed by atoms with Gasteiger partial charge in [-0.05, 0) is 24.6 Å². The van der Waals surface area contributed by atoms with Crippen LogP contribution in [0.3, 0.4) is 0 Å². The average Bonchev–Trinajstić information content (AvgIpc) is 2.16. The third-order valence-corrected chi connectivity index (χ3v) is 1.65. The molecule has 0 bridgehead atoms. The van der Waals surface area contributed by atoms with Crippen molar-refractivity contribution in [3.63, 3.8) is 0 Å². The quantitative estimate of drug-likeness (QED) is 0.677. The molecule has 1 unspecified atom stereocenters. The van der Waals surface area contributed by atoms with Crippen LogP contribution in [0.25, 0.3) is 6.08 Å². The largest absolute Gasteiger partial charge is 0.207 e. The van der Waals surface area contributed by atoms with E-state index in [-0.39, 0.29) is 11.7 Å². The minimum atomic E-state index is -0.245. The molecule has 0 spiro atoms. The van der Waals surface area contributed by atoms with Crippen molar-refractivity contribution in [2.75, 3.05) is 0 Å². The van der Waals surface area contributed by atoms with Crippen LogP contribution < -0.4 is 0 Å². The lowest BCUT2D eigenvalue weighted by Gasteiger charge is -1.93. The molecule has 0 saturated heterocycles. The molecule has 0 radical (unpaired) electrons. The van der Waals surface area contributed by atoms with E-state index in [0.29, 0.717) is 0 Å². The maximum Gasteiger partial charge on any atom is 0.123 e. The fourth-order valence-corrected chi connectivity index (χ4v) is 0.872. The number of halogens is 1. The molecule has 0 aromatic heterocycles. The van der Waals surface area contributed by atoms with Gasteiger partial charge < -0.3 is 0 Å². The molecule has 0 heterocycles. The summed E-state index contributed by atoms with van der Waals surface area (Å²) in [5.41, 5.74) is 0.906. The number of hydrogen-bond donors (Lipinski definition) is 0. The van der Waals surface area contributed by atoms with Crippen LogP contribution >= 0.6 is 0 Å². The highest BCUT2D eigenvalue weighted by molar-refractivity contribution is 5.49. The molecule has 0 fully saturated rings. The number of nitrogens with zero attached hydrogens (tertiary/aromatic N) is 1. The Labute approximate surface area is 77.1 Å². The van der Waals surface area contributed by atoms with Crippen molar-refractivity contribution in [2.45, 2.75) is 6.92 Å². The summed E-state index contributed by atoms with van der Waals surface area (Å²) in [4.78, 5) is 0. The van der Waals surface area contributed by atoms with Crippen molar-refractivity contribution in [1.82, 2.24) is 0 Å². The van der Waals surface area contributed by atoms with E-state index < -0.39 is 0 Å². The van der Waals surface area contributed by atoms with E-state index >= 15 is 0 Å². The van der Waals surface area contributed by atoms with Gasteiger partial charge in [-0.25, -0.2) is 4.39 Å². The first-order valence-corrected chi connectivity index (χ1v) is 4.06. The molecule has 0 amide bonds. The van der Waals surface area contributed by atoms with Gasteiger partial charge in [-0.1, -0.05) is 24.3 Å². The number of benzene rings is 1. The molecule has 2 heteroatoms. The van der Waals surface area contributed by atoms with E-state index in [4.69, 9.17) is 5.26 Å². The van der Waals surface area contributed by atoms with Crippen LogP contribution in [-0.4, -0.2) is 0 Å². The molecule has 0 N–H and O–H groups in total. The van der Waals surface area contributed by atoms with Crippen molar-refractivity contribution in [3.05, 3.63) is 41.7 Å². The SMILES string of the molecule is CC(C#N)/C=C/c1ccc(F)cc1. The summed E-state index contributed by atoms with van der Waals surface area (Å²) in [6.45, 7) is 1.81. The van der Waals surface area contributed by atoms with Gasteiger partial charge in [-0.15, -0.1) is 0 Å². The van der Waals surface area contributed by atoms with E-state index in [0.717, 1.165) is 5.56 Å². The molecule has 1 aromatic rings. The zero-order valence-corrected chi connectivity index (χ0v) is 7.37. The summed E-state index contributed by atoms with van der Waals surface area (Å²) < 4.78 is 12.5. The van der Waals surface area contributed by atoms with E-state index in [9.17, 15) is 4.39 Å². The van der Waals surface area contributed by atoms with E-state index in [1.807, 2.05) is 6.08 Å². The Morgan fingerprint density at radius 3 is 2.54 bits per heavy atom. The molecule has 1 aromatic carbocycles. The fourth-order valence-electron chi connectivity index (χ4n) is 0.872. The Morgan fingerprint density at radius 2 is 2.00 bits per heavy atom. The van der Waals surface area contributed by atoms with Crippen molar-refractivity contribution in [2.24, 2.45) is 5.92 Å². The summed E-state index contributed by atoms with van der Waals surface area (Å²) in [7, 11) is 0. The second-order valence-corrected chi connectivity index (χ2v) is 2.83. The Morgan fingerprint density at radius 1 is 1.38 bits per heavy atom. The zero-order valence-electron chi connectivity index (χ0n) is 7.37. The first-order chi connectivity index (χ1) is 6.22. The minimum absolute atomic E-state index is 0.106. The smallest absolute Gasteiger partial charge is 0.123 e. The molecule has 1 nitrogen and oxygen atoms in total. The van der Waals surface area contributed by atoms with Crippen LogP contribution in [0.4, 0.5) is 4.39 Å². The van der Waals surface area contributed by atoms with Gasteiger partial charge >= 0.3 is 0 Å². The number of hydrogen-bond acceptors (Lipinski definition) is 1. The Kier molecular flexibility index (Phi) is 3.22. The van der Waals surface area contributed by atoms with Crippen LogP contribution in [0.1, 0.15) is 12.5 Å². The molecule has 13 heavy (non-hydrogen) atoms. The lowest BCUT2D eigenvalue weighted by atomic mass is 10.1. The summed E-state index contributed by atoms with van der Waals surface area (Å²) >= 11 is 0. The van der Waals surface area contributed by atoms with E-state index in [2.05, 4.69) is 6.07 Å². The Hall–Kier alpha value is -1.62. The first-order valence-electron chi connectivity index (χ1n) is 4.06. The summed E-state index contributed by atoms with van der Waals surface area (Å²) in [6, 6.07) is 8.24. The molecular weight excluding hydrogens is 165 g/mol. The molecule has 0 aliphatic carbocycles.